The Bertz CT molecular complexity index is 209. The van der Waals surface area contributed by atoms with Crippen molar-refractivity contribution in [1.82, 2.24) is 4.90 Å². The Morgan fingerprint density at radius 1 is 1.43 bits per heavy atom. The molecule has 0 saturated heterocycles. The van der Waals surface area contributed by atoms with Crippen molar-refractivity contribution in [2.45, 2.75) is 19.8 Å². The summed E-state index contributed by atoms with van der Waals surface area (Å²) in [5, 5.41) is 8.51. The quantitative estimate of drug-likeness (QED) is 0.629. The van der Waals surface area contributed by atoms with Crippen molar-refractivity contribution in [3.63, 3.8) is 0 Å². The van der Waals surface area contributed by atoms with Gasteiger partial charge in [-0.1, -0.05) is 0 Å². The Kier molecular flexibility index (Phi) is 5.94. The molecular weight excluding hydrogens is 196 g/mol. The number of amides is 1. The molecule has 0 saturated carbocycles. The molecule has 0 bridgehead atoms. The van der Waals surface area contributed by atoms with Crippen molar-refractivity contribution in [2.24, 2.45) is 0 Å². The van der Waals surface area contributed by atoms with Crippen molar-refractivity contribution in [1.29, 1.82) is 0 Å². The first-order chi connectivity index (χ1) is 6.47. The first-order valence-electron chi connectivity index (χ1n) is 4.13. The van der Waals surface area contributed by atoms with Gasteiger partial charge in [0.05, 0.1) is 19.6 Å². The predicted molar refractivity (Wildman–Crippen MR) is 45.0 cm³/mol. The molecular formula is C8H13F2NO3. The number of aliphatic hydroxyl groups is 1. The highest BCUT2D eigenvalue weighted by Gasteiger charge is 2.18. The Hall–Kier alpha value is -1.04. The van der Waals surface area contributed by atoms with E-state index in [9.17, 15) is 18.4 Å². The lowest BCUT2D eigenvalue weighted by molar-refractivity contribution is -0.136. The van der Waals surface area contributed by atoms with Crippen LogP contribution >= 0.6 is 0 Å². The Morgan fingerprint density at radius 2 is 2.00 bits per heavy atom. The zero-order chi connectivity index (χ0) is 11.1. The van der Waals surface area contributed by atoms with Crippen LogP contribution in [0.3, 0.4) is 0 Å². The molecule has 0 aromatic carbocycles. The second kappa shape index (κ2) is 6.42. The first kappa shape index (κ1) is 13.0. The first-order valence-corrected chi connectivity index (χ1v) is 4.13. The molecule has 0 aliphatic carbocycles. The second-order valence-corrected chi connectivity index (χ2v) is 2.83. The molecule has 0 atom stereocenters. The predicted octanol–water partition coefficient (Wildman–Crippen LogP) is 0.0515. The number of carbonyl (C=O) groups is 2. The van der Waals surface area contributed by atoms with Crippen LogP contribution < -0.4 is 0 Å². The number of nitrogens with zero attached hydrogens (tertiary/aromatic N) is 1. The van der Waals surface area contributed by atoms with E-state index in [1.165, 1.54) is 6.92 Å². The van der Waals surface area contributed by atoms with Gasteiger partial charge in [-0.25, -0.2) is 8.78 Å². The van der Waals surface area contributed by atoms with Gasteiger partial charge in [0.15, 0.2) is 0 Å². The second-order valence-electron chi connectivity index (χ2n) is 2.83. The minimum atomic E-state index is -2.66. The van der Waals surface area contributed by atoms with Gasteiger partial charge in [0.1, 0.15) is 5.78 Å². The van der Waals surface area contributed by atoms with Crippen molar-refractivity contribution in [2.75, 3.05) is 19.7 Å². The largest absolute Gasteiger partial charge is 0.395 e. The van der Waals surface area contributed by atoms with E-state index >= 15 is 0 Å². The third-order valence-corrected chi connectivity index (χ3v) is 1.48. The fourth-order valence-corrected chi connectivity index (χ4v) is 0.930. The lowest BCUT2D eigenvalue weighted by atomic mass is 10.3. The molecule has 0 fully saturated rings. The van der Waals surface area contributed by atoms with Crippen molar-refractivity contribution in [3.8, 4) is 0 Å². The normalized spacial score (nSPS) is 10.4. The van der Waals surface area contributed by atoms with E-state index in [0.29, 0.717) is 0 Å². The average molecular weight is 209 g/mol. The van der Waals surface area contributed by atoms with Crippen LogP contribution in [0.1, 0.15) is 13.3 Å². The fraction of sp³-hybridized carbons (Fsp3) is 0.750. The molecule has 0 aromatic rings. The summed E-state index contributed by atoms with van der Waals surface area (Å²) in [5.41, 5.74) is 0. The van der Waals surface area contributed by atoms with Crippen LogP contribution in [0.5, 0.6) is 0 Å². The van der Waals surface area contributed by atoms with Crippen LogP contribution in [0.25, 0.3) is 0 Å². The van der Waals surface area contributed by atoms with Gasteiger partial charge in [-0.15, -0.1) is 0 Å². The highest BCUT2D eigenvalue weighted by atomic mass is 19.3. The number of carbonyl (C=O) groups excluding carboxylic acids is 2. The van der Waals surface area contributed by atoms with Crippen molar-refractivity contribution >= 4 is 11.7 Å². The molecule has 14 heavy (non-hydrogen) atoms. The number of aliphatic hydroxyl groups excluding tert-OH is 1. The molecule has 0 heterocycles. The zero-order valence-electron chi connectivity index (χ0n) is 7.87. The summed E-state index contributed by atoms with van der Waals surface area (Å²) in [4.78, 5) is 22.5. The third kappa shape index (κ3) is 5.58. The standard InChI is InChI=1S/C8H13F2NO3/c1-6(13)4-8(14)11(2-3-12)5-7(9)10/h7,12H,2-5H2,1H3. The van der Waals surface area contributed by atoms with Gasteiger partial charge in [-0.3, -0.25) is 9.59 Å². The summed E-state index contributed by atoms with van der Waals surface area (Å²) >= 11 is 0. The van der Waals surface area contributed by atoms with Crippen molar-refractivity contribution in [3.05, 3.63) is 0 Å². The number of alkyl halides is 2. The minimum Gasteiger partial charge on any atom is -0.395 e. The summed E-state index contributed by atoms with van der Waals surface area (Å²) in [6.45, 7) is -0.100. The van der Waals surface area contributed by atoms with Crippen LogP contribution in [-0.2, 0) is 9.59 Å². The molecule has 0 rings (SSSR count). The molecule has 0 radical (unpaired) electrons. The molecule has 1 N–H and O–H groups in total. The van der Waals surface area contributed by atoms with E-state index in [1.54, 1.807) is 0 Å². The van der Waals surface area contributed by atoms with Crippen LogP contribution in [0.15, 0.2) is 0 Å². The smallest absolute Gasteiger partial charge is 0.255 e. The lowest BCUT2D eigenvalue weighted by Crippen LogP contribution is -2.37. The van der Waals surface area contributed by atoms with Crippen LogP contribution in [-0.4, -0.2) is 47.8 Å². The van der Waals surface area contributed by atoms with E-state index in [1.807, 2.05) is 0 Å². The average Bonchev–Trinajstić information content (AvgIpc) is 2.01. The van der Waals surface area contributed by atoms with E-state index in [2.05, 4.69) is 0 Å². The maximum absolute atomic E-state index is 11.9. The molecule has 6 heteroatoms. The molecule has 0 aromatic heterocycles. The zero-order valence-corrected chi connectivity index (χ0v) is 7.87. The number of Topliss-reactive ketones (excluding diaryl/α,β-unsaturated/α-hetero) is 1. The summed E-state index contributed by atoms with van der Waals surface area (Å²) in [7, 11) is 0. The highest BCUT2D eigenvalue weighted by Crippen LogP contribution is 2.01. The summed E-state index contributed by atoms with van der Waals surface area (Å²) in [6.07, 6.45) is -3.05. The summed E-state index contributed by atoms with van der Waals surface area (Å²) in [5.74, 6) is -1.06. The molecule has 0 aliphatic rings. The van der Waals surface area contributed by atoms with Gasteiger partial charge in [0, 0.05) is 6.54 Å². The van der Waals surface area contributed by atoms with Crippen molar-refractivity contribution < 1.29 is 23.5 Å². The van der Waals surface area contributed by atoms with Crippen LogP contribution in [0, 0.1) is 0 Å². The summed E-state index contributed by atoms with van der Waals surface area (Å²) in [6, 6.07) is 0. The van der Waals surface area contributed by atoms with Gasteiger partial charge in [-0.05, 0) is 6.92 Å². The van der Waals surface area contributed by atoms with Crippen LogP contribution in [0.2, 0.25) is 0 Å². The monoisotopic (exact) mass is 209 g/mol. The van der Waals surface area contributed by atoms with Gasteiger partial charge in [0.25, 0.3) is 6.43 Å². The van der Waals surface area contributed by atoms with Gasteiger partial charge >= 0.3 is 0 Å². The molecule has 82 valence electrons. The van der Waals surface area contributed by atoms with E-state index < -0.39 is 31.9 Å². The topological polar surface area (TPSA) is 57.6 Å². The fourth-order valence-electron chi connectivity index (χ4n) is 0.930. The molecule has 1 amide bonds. The highest BCUT2D eigenvalue weighted by molar-refractivity contribution is 5.96. The van der Waals surface area contributed by atoms with Gasteiger partial charge in [-0.2, -0.15) is 0 Å². The number of rotatable bonds is 6. The Labute approximate surface area is 80.5 Å². The van der Waals surface area contributed by atoms with Crippen LogP contribution in [0.4, 0.5) is 8.78 Å². The Morgan fingerprint density at radius 3 is 2.36 bits per heavy atom. The van der Waals surface area contributed by atoms with E-state index in [4.69, 9.17) is 5.11 Å². The van der Waals surface area contributed by atoms with E-state index in [-0.39, 0.29) is 12.3 Å². The lowest BCUT2D eigenvalue weighted by Gasteiger charge is -2.20. The third-order valence-electron chi connectivity index (χ3n) is 1.48. The number of hydrogen-bond acceptors (Lipinski definition) is 3. The Balaban J connectivity index is 4.17. The number of halogens is 2. The maximum atomic E-state index is 11.9. The summed E-state index contributed by atoms with van der Waals surface area (Å²) < 4.78 is 23.9. The number of ketones is 1. The maximum Gasteiger partial charge on any atom is 0.255 e. The van der Waals surface area contributed by atoms with E-state index in [0.717, 1.165) is 4.90 Å². The van der Waals surface area contributed by atoms with Gasteiger partial charge in [0.2, 0.25) is 5.91 Å². The molecule has 0 aliphatic heterocycles. The molecule has 0 spiro atoms. The molecule has 4 nitrogen and oxygen atoms in total. The van der Waals surface area contributed by atoms with Gasteiger partial charge < -0.3 is 10.0 Å². The number of hydrogen-bond donors (Lipinski definition) is 1. The SMILES string of the molecule is CC(=O)CC(=O)N(CCO)CC(F)F. The molecule has 0 unspecified atom stereocenters. The minimum absolute atomic E-state index is 0.170.